The number of methoxy groups -OCH3 is 1. The molecular weight excluding hydrogens is 514 g/mol. The summed E-state index contributed by atoms with van der Waals surface area (Å²) in [6.45, 7) is 0.849. The predicted octanol–water partition coefficient (Wildman–Crippen LogP) is 3.02. The lowest BCUT2D eigenvalue weighted by Crippen LogP contribution is -2.56. The number of amides is 3. The molecule has 4 aliphatic rings. The zero-order valence-corrected chi connectivity index (χ0v) is 21.5. The van der Waals surface area contributed by atoms with E-state index in [0.29, 0.717) is 25.3 Å². The van der Waals surface area contributed by atoms with Crippen molar-refractivity contribution in [3.63, 3.8) is 0 Å². The second-order valence-corrected chi connectivity index (χ2v) is 10.8. The van der Waals surface area contributed by atoms with Crippen molar-refractivity contribution < 1.29 is 23.9 Å². The number of hydrogen-bond acceptors (Lipinski definition) is 5. The van der Waals surface area contributed by atoms with E-state index in [0.717, 1.165) is 30.2 Å². The van der Waals surface area contributed by atoms with Crippen LogP contribution in [0.1, 0.15) is 38.5 Å². The quantitative estimate of drug-likeness (QED) is 0.386. The molecule has 5 atom stereocenters. The highest BCUT2D eigenvalue weighted by molar-refractivity contribution is 9.10. The number of halogens is 1. The summed E-state index contributed by atoms with van der Waals surface area (Å²) >= 11 is 3.40. The molecule has 1 aromatic rings. The van der Waals surface area contributed by atoms with Crippen molar-refractivity contribution in [3.8, 4) is 0 Å². The lowest BCUT2D eigenvalue weighted by Gasteiger charge is -2.34. The molecule has 1 saturated carbocycles. The minimum atomic E-state index is -1.13. The zero-order valence-electron chi connectivity index (χ0n) is 19.9. The Morgan fingerprint density at radius 3 is 2.63 bits per heavy atom. The molecule has 2 bridgehead atoms. The Morgan fingerprint density at radius 1 is 1.17 bits per heavy atom. The fraction of sp³-hybridized carbons (Fsp3) is 0.577. The van der Waals surface area contributed by atoms with Gasteiger partial charge in [0.05, 0.1) is 17.9 Å². The van der Waals surface area contributed by atoms with Crippen LogP contribution in [0.15, 0.2) is 40.9 Å². The van der Waals surface area contributed by atoms with Gasteiger partial charge >= 0.3 is 0 Å². The Bertz CT molecular complexity index is 1010. The number of fused-ring (bicyclic) bond motifs is 1. The SMILES string of the molecule is COCCCN1C(=O)[C@H]2[C@@H](C(=O)Nc3ccc(Br)cc3)[C@H]3C=C[C@@]2(O3)[C@@H]1C(=O)NC1CCCCC1. The first-order chi connectivity index (χ1) is 16.9. The number of anilines is 1. The molecule has 3 amide bonds. The van der Waals surface area contributed by atoms with Crippen molar-refractivity contribution in [1.29, 1.82) is 0 Å². The van der Waals surface area contributed by atoms with Gasteiger partial charge in [0.1, 0.15) is 11.6 Å². The number of ether oxygens (including phenoxy) is 2. The van der Waals surface area contributed by atoms with Crippen LogP contribution in [0.2, 0.25) is 0 Å². The monoisotopic (exact) mass is 545 g/mol. The fourth-order valence-corrected chi connectivity index (χ4v) is 6.44. The Hall–Kier alpha value is -2.23. The smallest absolute Gasteiger partial charge is 0.246 e. The summed E-state index contributed by atoms with van der Waals surface area (Å²) in [7, 11) is 1.61. The van der Waals surface area contributed by atoms with E-state index in [1.165, 1.54) is 6.42 Å². The summed E-state index contributed by atoms with van der Waals surface area (Å²) < 4.78 is 12.5. The Morgan fingerprint density at radius 2 is 1.91 bits per heavy atom. The van der Waals surface area contributed by atoms with E-state index in [4.69, 9.17) is 9.47 Å². The van der Waals surface area contributed by atoms with Crippen LogP contribution in [0.5, 0.6) is 0 Å². The first-order valence-corrected chi connectivity index (χ1v) is 13.3. The molecule has 8 nitrogen and oxygen atoms in total. The molecule has 35 heavy (non-hydrogen) atoms. The van der Waals surface area contributed by atoms with Crippen molar-refractivity contribution in [2.75, 3.05) is 25.6 Å². The summed E-state index contributed by atoms with van der Waals surface area (Å²) in [6, 6.07) is 6.61. The standard InChI is InChI=1S/C26H32BrN3O5/c1-34-15-5-14-30-22(24(32)29-17-6-3-2-4-7-17)26-13-12-19(35-26)20(21(26)25(30)33)23(31)28-18-10-8-16(27)9-11-18/h8-13,17,19-22H,2-7,14-15H2,1H3,(H,28,31)(H,29,32)/t19-,20+,21-,22+,26+/m1/s1. The average Bonchev–Trinajstić information content (AvgIpc) is 3.49. The second kappa shape index (κ2) is 10.0. The maximum atomic E-state index is 13.8. The molecule has 2 N–H and O–H groups in total. The zero-order chi connectivity index (χ0) is 24.6. The van der Waals surface area contributed by atoms with Crippen LogP contribution in [0.4, 0.5) is 5.69 Å². The van der Waals surface area contributed by atoms with Crippen molar-refractivity contribution in [3.05, 3.63) is 40.9 Å². The number of likely N-dealkylation sites (tertiary alicyclic amines) is 1. The molecular formula is C26H32BrN3O5. The number of nitrogens with zero attached hydrogens (tertiary/aromatic N) is 1. The van der Waals surface area contributed by atoms with Gasteiger partial charge in [-0.15, -0.1) is 0 Å². The summed E-state index contributed by atoms with van der Waals surface area (Å²) in [5.41, 5.74) is -0.483. The van der Waals surface area contributed by atoms with Gasteiger partial charge in [-0.2, -0.15) is 0 Å². The maximum absolute atomic E-state index is 13.8. The lowest BCUT2D eigenvalue weighted by atomic mass is 9.74. The summed E-state index contributed by atoms with van der Waals surface area (Å²) in [5.74, 6) is -2.10. The average molecular weight is 546 g/mol. The highest BCUT2D eigenvalue weighted by Crippen LogP contribution is 2.55. The lowest BCUT2D eigenvalue weighted by molar-refractivity contribution is -0.141. The molecule has 0 radical (unpaired) electrons. The third-order valence-corrected chi connectivity index (χ3v) is 8.26. The molecule has 3 aliphatic heterocycles. The molecule has 0 unspecified atom stereocenters. The third kappa shape index (κ3) is 4.42. The van der Waals surface area contributed by atoms with E-state index in [2.05, 4.69) is 26.6 Å². The molecule has 188 valence electrons. The molecule has 2 saturated heterocycles. The van der Waals surface area contributed by atoms with Gasteiger partial charge in [0.15, 0.2) is 0 Å². The van der Waals surface area contributed by atoms with Gasteiger partial charge in [-0.3, -0.25) is 14.4 Å². The van der Waals surface area contributed by atoms with E-state index in [9.17, 15) is 14.4 Å². The van der Waals surface area contributed by atoms with Crippen LogP contribution < -0.4 is 10.6 Å². The largest absolute Gasteiger partial charge is 0.385 e. The van der Waals surface area contributed by atoms with Crippen LogP contribution in [0, 0.1) is 11.8 Å². The van der Waals surface area contributed by atoms with Crippen LogP contribution in [0.3, 0.4) is 0 Å². The molecule has 3 heterocycles. The maximum Gasteiger partial charge on any atom is 0.246 e. The van der Waals surface area contributed by atoms with Gasteiger partial charge < -0.3 is 25.0 Å². The predicted molar refractivity (Wildman–Crippen MR) is 134 cm³/mol. The summed E-state index contributed by atoms with van der Waals surface area (Å²) in [6.07, 6.45) is 9.03. The number of rotatable bonds is 8. The van der Waals surface area contributed by atoms with Gasteiger partial charge in [0, 0.05) is 36.5 Å². The van der Waals surface area contributed by atoms with Gasteiger partial charge in [-0.1, -0.05) is 47.3 Å². The topological polar surface area (TPSA) is 97.0 Å². The Kier molecular flexibility index (Phi) is 7.01. The molecule has 1 spiro atoms. The molecule has 1 aromatic carbocycles. The van der Waals surface area contributed by atoms with Crippen LogP contribution >= 0.6 is 15.9 Å². The molecule has 3 fully saturated rings. The van der Waals surface area contributed by atoms with Crippen molar-refractivity contribution in [1.82, 2.24) is 10.2 Å². The normalized spacial score (nSPS) is 31.6. The van der Waals surface area contributed by atoms with E-state index < -0.39 is 29.6 Å². The van der Waals surface area contributed by atoms with E-state index in [-0.39, 0.29) is 23.8 Å². The summed E-state index contributed by atoms with van der Waals surface area (Å²) in [5, 5.41) is 6.14. The van der Waals surface area contributed by atoms with Gasteiger partial charge in [0.25, 0.3) is 0 Å². The third-order valence-electron chi connectivity index (χ3n) is 7.74. The van der Waals surface area contributed by atoms with E-state index in [1.807, 2.05) is 24.3 Å². The van der Waals surface area contributed by atoms with Gasteiger partial charge in [-0.05, 0) is 43.5 Å². The highest BCUT2D eigenvalue weighted by Gasteiger charge is 2.72. The van der Waals surface area contributed by atoms with Crippen molar-refractivity contribution >= 4 is 39.3 Å². The number of carbonyl (C=O) groups excluding carboxylic acids is 3. The Labute approximate surface area is 213 Å². The van der Waals surface area contributed by atoms with E-state index >= 15 is 0 Å². The fourth-order valence-electron chi connectivity index (χ4n) is 6.17. The van der Waals surface area contributed by atoms with Crippen LogP contribution in [-0.4, -0.2) is 66.7 Å². The Balaban J connectivity index is 1.41. The molecule has 1 aliphatic carbocycles. The number of benzene rings is 1. The summed E-state index contributed by atoms with van der Waals surface area (Å²) in [4.78, 5) is 42.5. The molecule has 9 heteroatoms. The minimum absolute atomic E-state index is 0.113. The first-order valence-electron chi connectivity index (χ1n) is 12.5. The molecule has 0 aromatic heterocycles. The highest BCUT2D eigenvalue weighted by atomic mass is 79.9. The minimum Gasteiger partial charge on any atom is -0.385 e. The van der Waals surface area contributed by atoms with Crippen molar-refractivity contribution in [2.24, 2.45) is 11.8 Å². The number of nitrogens with one attached hydrogen (secondary N) is 2. The first kappa shape index (κ1) is 24.5. The van der Waals surface area contributed by atoms with Crippen molar-refractivity contribution in [2.45, 2.75) is 62.3 Å². The van der Waals surface area contributed by atoms with Gasteiger partial charge in [-0.25, -0.2) is 0 Å². The van der Waals surface area contributed by atoms with E-state index in [1.54, 1.807) is 24.1 Å². The number of hydrogen-bond donors (Lipinski definition) is 2. The van der Waals surface area contributed by atoms with Crippen LogP contribution in [0.25, 0.3) is 0 Å². The van der Waals surface area contributed by atoms with Gasteiger partial charge in [0.2, 0.25) is 17.7 Å². The molecule has 5 rings (SSSR count). The number of carbonyl (C=O) groups is 3. The van der Waals surface area contributed by atoms with Crippen LogP contribution in [-0.2, 0) is 23.9 Å². The second-order valence-electron chi connectivity index (χ2n) is 9.92.